The average molecular weight is 429 g/mol. The van der Waals surface area contributed by atoms with Crippen LogP contribution in [0.2, 0.25) is 0 Å². The Labute approximate surface area is 166 Å². The van der Waals surface area contributed by atoms with Crippen LogP contribution in [-0.2, 0) is 14.8 Å². The van der Waals surface area contributed by atoms with Crippen molar-refractivity contribution in [2.24, 2.45) is 0 Å². The number of esters is 1. The van der Waals surface area contributed by atoms with E-state index in [1.54, 1.807) is 11.6 Å². The van der Waals surface area contributed by atoms with E-state index in [0.717, 1.165) is 0 Å². The molecule has 0 atom stereocenters. The predicted octanol–water partition coefficient (Wildman–Crippen LogP) is 1.70. The first kappa shape index (κ1) is 21.4. The predicted molar refractivity (Wildman–Crippen MR) is 100 cm³/mol. The Kier molecular flexibility index (Phi) is 7.12. The van der Waals surface area contributed by atoms with Gasteiger partial charge in [0.1, 0.15) is 11.5 Å². The largest absolute Gasteiger partial charge is 0.481 e. The number of hydrogen-bond donors (Lipinski definition) is 2. The number of ether oxygens (including phenoxy) is 2. The summed E-state index contributed by atoms with van der Waals surface area (Å²) in [6, 6.07) is 5.71. The van der Waals surface area contributed by atoms with Gasteiger partial charge in [0.2, 0.25) is 11.8 Å². The molecule has 0 spiro atoms. The number of halogens is 1. The molecular formula is C16H17ClN4O6S. The number of carbonyl (C=O) groups excluding carboxylic acids is 2. The van der Waals surface area contributed by atoms with E-state index < -0.39 is 26.9 Å². The number of hydrogen-bond acceptors (Lipinski definition) is 8. The van der Waals surface area contributed by atoms with Gasteiger partial charge in [-0.15, -0.1) is 11.6 Å². The van der Waals surface area contributed by atoms with Crippen molar-refractivity contribution in [1.82, 2.24) is 14.7 Å². The Morgan fingerprint density at radius 3 is 2.61 bits per heavy atom. The number of methoxy groups -OCH3 is 1. The van der Waals surface area contributed by atoms with E-state index in [1.165, 1.54) is 37.4 Å². The van der Waals surface area contributed by atoms with Crippen LogP contribution < -0.4 is 14.8 Å². The van der Waals surface area contributed by atoms with Gasteiger partial charge < -0.3 is 9.47 Å². The number of rotatable bonds is 7. The van der Waals surface area contributed by atoms with E-state index in [2.05, 4.69) is 15.3 Å². The summed E-state index contributed by atoms with van der Waals surface area (Å²) in [7, 11) is -3.00. The molecule has 0 fully saturated rings. The smallest absolute Gasteiger partial charge is 0.339 e. The SMILES string of the molecule is COc1cc(C)nc(NC(=O)NS(=O)(=O)c2ccccc2C(=O)OCCCl)n1. The third-order valence-electron chi connectivity index (χ3n) is 3.20. The number of aromatic nitrogens is 2. The van der Waals surface area contributed by atoms with Gasteiger partial charge in [-0.05, 0) is 19.1 Å². The second kappa shape index (κ2) is 9.33. The molecule has 10 nitrogen and oxygen atoms in total. The van der Waals surface area contributed by atoms with Gasteiger partial charge in [-0.1, -0.05) is 12.1 Å². The second-order valence-corrected chi connectivity index (χ2v) is 7.28. The van der Waals surface area contributed by atoms with Gasteiger partial charge >= 0.3 is 12.0 Å². The molecule has 2 N–H and O–H groups in total. The Balaban J connectivity index is 2.21. The lowest BCUT2D eigenvalue weighted by Gasteiger charge is -2.11. The fourth-order valence-electron chi connectivity index (χ4n) is 2.08. The van der Waals surface area contributed by atoms with Gasteiger partial charge in [0, 0.05) is 11.8 Å². The van der Waals surface area contributed by atoms with Crippen molar-refractivity contribution in [2.45, 2.75) is 11.8 Å². The molecule has 0 saturated carbocycles. The number of amides is 2. The Bertz CT molecular complexity index is 983. The highest BCUT2D eigenvalue weighted by atomic mass is 35.5. The number of aryl methyl sites for hydroxylation is 1. The van der Waals surface area contributed by atoms with Crippen LogP contribution in [-0.4, -0.2) is 50.0 Å². The summed E-state index contributed by atoms with van der Waals surface area (Å²) >= 11 is 5.46. The molecule has 1 aromatic heterocycles. The topological polar surface area (TPSA) is 137 Å². The molecule has 2 aromatic rings. The zero-order valence-corrected chi connectivity index (χ0v) is 16.5. The number of nitrogens with one attached hydrogen (secondary N) is 2. The Hall–Kier alpha value is -2.92. The molecule has 0 aliphatic carbocycles. The molecule has 0 radical (unpaired) electrons. The van der Waals surface area contributed by atoms with Gasteiger partial charge in [-0.3, -0.25) is 5.32 Å². The summed E-state index contributed by atoms with van der Waals surface area (Å²) in [6.45, 7) is 1.56. The first-order chi connectivity index (χ1) is 13.3. The lowest BCUT2D eigenvalue weighted by atomic mass is 10.2. The molecule has 28 heavy (non-hydrogen) atoms. The minimum atomic E-state index is -4.39. The lowest BCUT2D eigenvalue weighted by molar-refractivity contribution is 0.0524. The average Bonchev–Trinajstić information content (AvgIpc) is 2.65. The molecular weight excluding hydrogens is 412 g/mol. The van der Waals surface area contributed by atoms with E-state index in [4.69, 9.17) is 21.1 Å². The van der Waals surface area contributed by atoms with Gasteiger partial charge in [0.15, 0.2) is 0 Å². The fourth-order valence-corrected chi connectivity index (χ4v) is 3.26. The van der Waals surface area contributed by atoms with Crippen LogP contribution in [0.1, 0.15) is 16.1 Å². The highest BCUT2D eigenvalue weighted by Crippen LogP contribution is 2.17. The summed E-state index contributed by atoms with van der Waals surface area (Å²) in [5.41, 5.74) is 0.263. The molecule has 1 heterocycles. The lowest BCUT2D eigenvalue weighted by Crippen LogP contribution is -2.35. The summed E-state index contributed by atoms with van der Waals surface area (Å²) < 4.78 is 36.7. The van der Waals surface area contributed by atoms with Crippen LogP contribution in [0.4, 0.5) is 10.7 Å². The van der Waals surface area contributed by atoms with E-state index in [-0.39, 0.29) is 29.9 Å². The van der Waals surface area contributed by atoms with Gasteiger partial charge in [0.05, 0.1) is 18.6 Å². The minimum Gasteiger partial charge on any atom is -0.481 e. The van der Waals surface area contributed by atoms with Crippen molar-refractivity contribution in [3.63, 3.8) is 0 Å². The Morgan fingerprint density at radius 2 is 1.93 bits per heavy atom. The van der Waals surface area contributed by atoms with E-state index in [0.29, 0.717) is 5.69 Å². The molecule has 1 aromatic carbocycles. The van der Waals surface area contributed by atoms with Crippen molar-refractivity contribution >= 4 is 39.6 Å². The molecule has 12 heteroatoms. The first-order valence-electron chi connectivity index (χ1n) is 7.82. The van der Waals surface area contributed by atoms with Crippen molar-refractivity contribution in [2.75, 3.05) is 24.9 Å². The van der Waals surface area contributed by atoms with Crippen molar-refractivity contribution in [1.29, 1.82) is 0 Å². The number of carbonyl (C=O) groups is 2. The van der Waals surface area contributed by atoms with Crippen LogP contribution in [0, 0.1) is 6.92 Å². The molecule has 0 aliphatic rings. The third-order valence-corrected chi connectivity index (χ3v) is 4.74. The number of anilines is 1. The molecule has 2 rings (SSSR count). The maximum Gasteiger partial charge on any atom is 0.339 e. The van der Waals surface area contributed by atoms with Crippen molar-refractivity contribution in [3.05, 3.63) is 41.6 Å². The maximum atomic E-state index is 12.6. The third kappa shape index (κ3) is 5.54. The fraction of sp³-hybridized carbons (Fsp3) is 0.250. The van der Waals surface area contributed by atoms with Crippen LogP contribution in [0.15, 0.2) is 35.2 Å². The van der Waals surface area contributed by atoms with Crippen molar-refractivity contribution in [3.8, 4) is 5.88 Å². The van der Waals surface area contributed by atoms with Crippen molar-refractivity contribution < 1.29 is 27.5 Å². The summed E-state index contributed by atoms with van der Waals surface area (Å²) in [6.07, 6.45) is 0. The summed E-state index contributed by atoms with van der Waals surface area (Å²) in [5.74, 6) is -0.785. The Morgan fingerprint density at radius 1 is 1.21 bits per heavy atom. The van der Waals surface area contributed by atoms with E-state index in [1.807, 2.05) is 0 Å². The second-order valence-electron chi connectivity index (χ2n) is 5.26. The van der Waals surface area contributed by atoms with Gasteiger partial charge in [0.25, 0.3) is 10.0 Å². The molecule has 0 aliphatic heterocycles. The van der Waals surface area contributed by atoms with Crippen LogP contribution in [0.25, 0.3) is 0 Å². The number of nitrogens with zero attached hydrogens (tertiary/aromatic N) is 2. The number of sulfonamides is 1. The number of urea groups is 1. The minimum absolute atomic E-state index is 0.0568. The van der Waals surface area contributed by atoms with Crippen LogP contribution in [0.3, 0.4) is 0 Å². The number of benzene rings is 1. The maximum absolute atomic E-state index is 12.6. The first-order valence-corrected chi connectivity index (χ1v) is 9.84. The molecule has 2 amide bonds. The van der Waals surface area contributed by atoms with Crippen LogP contribution >= 0.6 is 11.6 Å². The molecule has 150 valence electrons. The highest BCUT2D eigenvalue weighted by Gasteiger charge is 2.25. The zero-order valence-electron chi connectivity index (χ0n) is 14.9. The highest BCUT2D eigenvalue weighted by molar-refractivity contribution is 7.90. The summed E-state index contributed by atoms with van der Waals surface area (Å²) in [4.78, 5) is 31.6. The quantitative estimate of drug-likeness (QED) is 0.502. The molecule has 0 bridgehead atoms. The van der Waals surface area contributed by atoms with Gasteiger partial charge in [-0.25, -0.2) is 27.7 Å². The van der Waals surface area contributed by atoms with Gasteiger partial charge in [-0.2, -0.15) is 4.98 Å². The van der Waals surface area contributed by atoms with E-state index in [9.17, 15) is 18.0 Å². The summed E-state index contributed by atoms with van der Waals surface area (Å²) in [5, 5.41) is 2.20. The molecule has 0 saturated heterocycles. The van der Waals surface area contributed by atoms with Crippen LogP contribution in [0.5, 0.6) is 5.88 Å². The monoisotopic (exact) mass is 428 g/mol. The normalized spacial score (nSPS) is 10.8. The standard InChI is InChI=1S/C16H17ClN4O6S/c1-10-9-13(26-2)19-15(18-10)20-16(23)21-28(24,25)12-6-4-3-5-11(12)14(22)27-8-7-17/h3-6,9H,7-8H2,1-2H3,(H2,18,19,20,21,23). The van der Waals surface area contributed by atoms with E-state index >= 15 is 0 Å². The molecule has 0 unspecified atom stereocenters. The number of alkyl halides is 1. The zero-order chi connectivity index (χ0) is 20.7.